The van der Waals surface area contributed by atoms with Crippen LogP contribution in [0.1, 0.15) is 10.4 Å². The van der Waals surface area contributed by atoms with Crippen LogP contribution >= 0.6 is 0 Å². The van der Waals surface area contributed by atoms with Crippen LogP contribution in [0.15, 0.2) is 48.7 Å². The summed E-state index contributed by atoms with van der Waals surface area (Å²) < 4.78 is 5.37. The number of aromatic amines is 1. The number of ether oxygens (including phenoxy) is 1. The zero-order chi connectivity index (χ0) is 16.4. The maximum atomic E-state index is 12.5. The monoisotopic (exact) mass is 322 g/mol. The predicted octanol–water partition coefficient (Wildman–Crippen LogP) is 2.65. The first kappa shape index (κ1) is 14.7. The van der Waals surface area contributed by atoms with Gasteiger partial charge < -0.3 is 15.0 Å². The van der Waals surface area contributed by atoms with Crippen molar-refractivity contribution in [2.45, 2.75) is 0 Å². The summed E-state index contributed by atoms with van der Waals surface area (Å²) in [6.07, 6.45) is 1.71. The number of hydrogen-bond acceptors (Lipinski definition) is 4. The average Bonchev–Trinajstić information content (AvgIpc) is 3.12. The van der Waals surface area contributed by atoms with Crippen molar-refractivity contribution in [3.05, 3.63) is 54.2 Å². The quantitative estimate of drug-likeness (QED) is 0.778. The van der Waals surface area contributed by atoms with Gasteiger partial charge in [-0.3, -0.25) is 9.89 Å². The molecule has 1 amide bonds. The number of carbonyl (C=O) groups excluding carboxylic acids is 1. The van der Waals surface area contributed by atoms with Gasteiger partial charge in [0.15, 0.2) is 0 Å². The summed E-state index contributed by atoms with van der Waals surface area (Å²) in [6, 6.07) is 13.5. The third-order valence-corrected chi connectivity index (χ3v) is 4.22. The molecule has 0 aliphatic carbocycles. The largest absolute Gasteiger partial charge is 0.378 e. The van der Waals surface area contributed by atoms with Crippen molar-refractivity contribution >= 4 is 28.2 Å². The van der Waals surface area contributed by atoms with E-state index in [0.29, 0.717) is 5.56 Å². The van der Waals surface area contributed by atoms with Crippen molar-refractivity contribution in [3.8, 4) is 0 Å². The number of fused-ring (bicyclic) bond motifs is 1. The van der Waals surface area contributed by atoms with E-state index < -0.39 is 0 Å². The predicted molar refractivity (Wildman–Crippen MR) is 93.5 cm³/mol. The third kappa shape index (κ3) is 2.83. The molecule has 1 aliphatic rings. The molecule has 0 saturated carbocycles. The summed E-state index contributed by atoms with van der Waals surface area (Å²) in [5.74, 6) is -0.149. The number of morpholine rings is 1. The van der Waals surface area contributed by atoms with Gasteiger partial charge in [0.2, 0.25) is 0 Å². The lowest BCUT2D eigenvalue weighted by molar-refractivity contribution is 0.102. The van der Waals surface area contributed by atoms with E-state index in [2.05, 4.69) is 20.4 Å². The lowest BCUT2D eigenvalue weighted by Crippen LogP contribution is -2.36. The number of nitrogens with zero attached hydrogens (tertiary/aromatic N) is 2. The van der Waals surface area contributed by atoms with Gasteiger partial charge in [0, 0.05) is 29.9 Å². The molecule has 0 spiro atoms. The number of aromatic nitrogens is 2. The molecule has 0 unspecified atom stereocenters. The molecule has 2 heterocycles. The fourth-order valence-electron chi connectivity index (χ4n) is 2.93. The van der Waals surface area contributed by atoms with E-state index >= 15 is 0 Å². The van der Waals surface area contributed by atoms with Crippen molar-refractivity contribution in [3.63, 3.8) is 0 Å². The molecular formula is C18H18N4O2. The van der Waals surface area contributed by atoms with E-state index in [0.717, 1.165) is 48.6 Å². The summed E-state index contributed by atoms with van der Waals surface area (Å²) >= 11 is 0. The smallest absolute Gasteiger partial charge is 0.257 e. The van der Waals surface area contributed by atoms with Gasteiger partial charge in [-0.05, 0) is 30.3 Å². The molecule has 2 aromatic carbocycles. The summed E-state index contributed by atoms with van der Waals surface area (Å²) in [5.41, 5.74) is 3.25. The Morgan fingerprint density at radius 1 is 1.12 bits per heavy atom. The van der Waals surface area contributed by atoms with Gasteiger partial charge in [0.1, 0.15) is 0 Å². The van der Waals surface area contributed by atoms with E-state index in [1.54, 1.807) is 12.3 Å². The van der Waals surface area contributed by atoms with Gasteiger partial charge in [-0.25, -0.2) is 0 Å². The number of H-pyrrole nitrogens is 1. The Morgan fingerprint density at radius 2 is 1.92 bits per heavy atom. The zero-order valence-electron chi connectivity index (χ0n) is 13.2. The number of nitrogens with one attached hydrogen (secondary N) is 2. The number of anilines is 2. The topological polar surface area (TPSA) is 70.2 Å². The zero-order valence-corrected chi connectivity index (χ0v) is 13.2. The molecule has 4 rings (SSSR count). The maximum absolute atomic E-state index is 12.5. The van der Waals surface area contributed by atoms with Gasteiger partial charge in [-0.2, -0.15) is 5.10 Å². The molecule has 1 aliphatic heterocycles. The van der Waals surface area contributed by atoms with Crippen LogP contribution in [0.4, 0.5) is 11.4 Å². The first-order valence-electron chi connectivity index (χ1n) is 7.97. The third-order valence-electron chi connectivity index (χ3n) is 4.22. The molecule has 24 heavy (non-hydrogen) atoms. The molecule has 6 heteroatoms. The van der Waals surface area contributed by atoms with Gasteiger partial charge in [-0.1, -0.05) is 12.1 Å². The highest BCUT2D eigenvalue weighted by atomic mass is 16.5. The molecule has 1 aromatic heterocycles. The number of hydrogen-bond donors (Lipinski definition) is 2. The van der Waals surface area contributed by atoms with E-state index in [1.807, 2.05) is 36.4 Å². The number of benzene rings is 2. The number of para-hydroxylation sites is 1. The molecule has 6 nitrogen and oxygen atoms in total. The van der Waals surface area contributed by atoms with Crippen molar-refractivity contribution in [2.24, 2.45) is 0 Å². The molecule has 122 valence electrons. The highest BCUT2D eigenvalue weighted by Crippen LogP contribution is 2.21. The van der Waals surface area contributed by atoms with Crippen LogP contribution < -0.4 is 10.2 Å². The molecular weight excluding hydrogens is 304 g/mol. The van der Waals surface area contributed by atoms with Crippen LogP contribution in [0, 0.1) is 0 Å². The van der Waals surface area contributed by atoms with Gasteiger partial charge in [0.05, 0.1) is 30.5 Å². The fourth-order valence-corrected chi connectivity index (χ4v) is 2.93. The SMILES string of the molecule is O=C(Nc1ccc(N2CCOCC2)cc1)c1cccc2cn[nH]c12. The van der Waals surface area contributed by atoms with Crippen LogP contribution in [-0.2, 0) is 4.74 Å². The van der Waals surface area contributed by atoms with Crippen LogP contribution in [0.3, 0.4) is 0 Å². The van der Waals surface area contributed by atoms with Crippen molar-refractivity contribution < 1.29 is 9.53 Å². The minimum absolute atomic E-state index is 0.149. The second-order valence-corrected chi connectivity index (χ2v) is 5.74. The van der Waals surface area contributed by atoms with E-state index in [1.165, 1.54) is 0 Å². The number of carbonyl (C=O) groups is 1. The van der Waals surface area contributed by atoms with Gasteiger partial charge in [-0.15, -0.1) is 0 Å². The lowest BCUT2D eigenvalue weighted by Gasteiger charge is -2.28. The summed E-state index contributed by atoms with van der Waals surface area (Å²) in [6.45, 7) is 3.31. The number of amides is 1. The lowest BCUT2D eigenvalue weighted by atomic mass is 10.1. The van der Waals surface area contributed by atoms with E-state index in [-0.39, 0.29) is 5.91 Å². The Labute approximate surface area is 139 Å². The molecule has 0 bridgehead atoms. The first-order chi connectivity index (χ1) is 11.8. The fraction of sp³-hybridized carbons (Fsp3) is 0.222. The molecule has 3 aromatic rings. The molecule has 1 fully saturated rings. The standard InChI is InChI=1S/C18H18N4O2/c23-18(16-3-1-2-13-12-19-21-17(13)16)20-14-4-6-15(7-5-14)22-8-10-24-11-9-22/h1-7,12H,8-11H2,(H,19,21)(H,20,23). The number of rotatable bonds is 3. The summed E-state index contributed by atoms with van der Waals surface area (Å²) in [4.78, 5) is 14.8. The van der Waals surface area contributed by atoms with Crippen LogP contribution in [-0.4, -0.2) is 42.4 Å². The Kier molecular flexibility index (Phi) is 3.88. The average molecular weight is 322 g/mol. The summed E-state index contributed by atoms with van der Waals surface area (Å²) in [5, 5.41) is 10.7. The Bertz CT molecular complexity index is 851. The molecule has 1 saturated heterocycles. The van der Waals surface area contributed by atoms with Crippen LogP contribution in [0.5, 0.6) is 0 Å². The highest BCUT2D eigenvalue weighted by molar-refractivity contribution is 6.11. The first-order valence-corrected chi connectivity index (χ1v) is 7.97. The van der Waals surface area contributed by atoms with Crippen LogP contribution in [0.2, 0.25) is 0 Å². The van der Waals surface area contributed by atoms with Crippen LogP contribution in [0.25, 0.3) is 10.9 Å². The van der Waals surface area contributed by atoms with Crippen molar-refractivity contribution in [1.29, 1.82) is 0 Å². The van der Waals surface area contributed by atoms with Gasteiger partial charge >= 0.3 is 0 Å². The Hall–Kier alpha value is -2.86. The summed E-state index contributed by atoms with van der Waals surface area (Å²) in [7, 11) is 0. The van der Waals surface area contributed by atoms with E-state index in [4.69, 9.17) is 4.74 Å². The minimum atomic E-state index is -0.149. The maximum Gasteiger partial charge on any atom is 0.257 e. The van der Waals surface area contributed by atoms with Crippen molar-refractivity contribution in [2.75, 3.05) is 36.5 Å². The molecule has 0 radical (unpaired) electrons. The highest BCUT2D eigenvalue weighted by Gasteiger charge is 2.13. The molecule has 0 atom stereocenters. The normalized spacial score (nSPS) is 14.8. The minimum Gasteiger partial charge on any atom is -0.378 e. The Morgan fingerprint density at radius 3 is 2.71 bits per heavy atom. The van der Waals surface area contributed by atoms with Crippen molar-refractivity contribution in [1.82, 2.24) is 10.2 Å². The molecule has 2 N–H and O–H groups in total. The second kappa shape index (κ2) is 6.33. The van der Waals surface area contributed by atoms with Gasteiger partial charge in [0.25, 0.3) is 5.91 Å². The second-order valence-electron chi connectivity index (χ2n) is 5.74. The van der Waals surface area contributed by atoms with E-state index in [9.17, 15) is 4.79 Å². The Balaban J connectivity index is 1.50.